The summed E-state index contributed by atoms with van der Waals surface area (Å²) in [6.45, 7) is 17.9. The Morgan fingerprint density at radius 3 is 1.50 bits per heavy atom. The number of fused-ring (bicyclic) bond motifs is 2. The average Bonchev–Trinajstić information content (AvgIpc) is 3.25. The lowest BCUT2D eigenvalue weighted by molar-refractivity contribution is 0.590. The first-order valence-electron chi connectivity index (χ1n) is 9.75. The number of hydrogen-bond acceptors (Lipinski definition) is 6. The van der Waals surface area contributed by atoms with Gasteiger partial charge in [-0.1, -0.05) is 41.5 Å². The molecule has 0 saturated heterocycles. The number of hydrogen-bond donors (Lipinski definition) is 0. The lowest BCUT2D eigenvalue weighted by atomic mass is 9.80. The van der Waals surface area contributed by atoms with Gasteiger partial charge in [-0.2, -0.15) is 17.5 Å². The van der Waals surface area contributed by atoms with Gasteiger partial charge < -0.3 is 0 Å². The number of rotatable bonds is 1. The first-order valence-corrected chi connectivity index (χ1v) is 13.4. The summed E-state index contributed by atoms with van der Waals surface area (Å²) in [6, 6.07) is 0. The molecular weight excluding hydrogens is 638 g/mol. The molecule has 0 unspecified atom stereocenters. The van der Waals surface area contributed by atoms with Crippen molar-refractivity contribution in [1.82, 2.24) is 17.5 Å². The molecule has 0 spiro atoms. The molecule has 158 valence electrons. The Morgan fingerprint density at radius 2 is 1.00 bits per heavy atom. The van der Waals surface area contributed by atoms with E-state index in [9.17, 15) is 0 Å². The third-order valence-corrected chi connectivity index (χ3v) is 9.28. The molecule has 0 bridgehead atoms. The predicted octanol–water partition coefficient (Wildman–Crippen LogP) is 7.78. The van der Waals surface area contributed by atoms with Crippen molar-refractivity contribution < 1.29 is 0 Å². The summed E-state index contributed by atoms with van der Waals surface area (Å²) in [5, 5.41) is 0. The Kier molecular flexibility index (Phi) is 5.72. The van der Waals surface area contributed by atoms with Crippen LogP contribution in [0.1, 0.15) is 63.8 Å². The molecule has 0 fully saturated rings. The monoisotopic (exact) mass is 662 g/mol. The third kappa shape index (κ3) is 3.40. The van der Waals surface area contributed by atoms with Crippen molar-refractivity contribution in [1.29, 1.82) is 0 Å². The minimum atomic E-state index is -0.00944. The SMILES string of the molecule is Cc1c(I)c(C(C)(C)C)c2nsnc2c1-c1c(I)c(C)c(C(C)(C)C)c2nsnc12. The van der Waals surface area contributed by atoms with E-state index in [4.69, 9.17) is 17.5 Å². The highest BCUT2D eigenvalue weighted by molar-refractivity contribution is 14.1. The highest BCUT2D eigenvalue weighted by Crippen LogP contribution is 2.47. The second-order valence-corrected chi connectivity index (χ2v) is 13.0. The second-order valence-electron chi connectivity index (χ2n) is 9.80. The van der Waals surface area contributed by atoms with E-state index < -0.39 is 0 Å². The Morgan fingerprint density at radius 1 is 0.567 bits per heavy atom. The van der Waals surface area contributed by atoms with Crippen LogP contribution in [0.3, 0.4) is 0 Å². The molecule has 0 N–H and O–H groups in total. The second kappa shape index (κ2) is 7.55. The van der Waals surface area contributed by atoms with Crippen molar-refractivity contribution in [3.8, 4) is 11.1 Å². The number of benzene rings is 2. The summed E-state index contributed by atoms with van der Waals surface area (Å²) in [5.41, 5.74) is 11.4. The summed E-state index contributed by atoms with van der Waals surface area (Å²) in [6.07, 6.45) is 0. The molecule has 0 saturated carbocycles. The molecule has 0 aliphatic carbocycles. The molecule has 0 radical (unpaired) electrons. The minimum absolute atomic E-state index is 0.00634. The topological polar surface area (TPSA) is 51.6 Å². The average molecular weight is 662 g/mol. The Bertz CT molecular complexity index is 1210. The van der Waals surface area contributed by atoms with Gasteiger partial charge in [-0.25, -0.2) is 0 Å². The highest BCUT2D eigenvalue weighted by atomic mass is 127. The van der Waals surface area contributed by atoms with E-state index >= 15 is 0 Å². The van der Waals surface area contributed by atoms with Crippen LogP contribution in [0.2, 0.25) is 0 Å². The van der Waals surface area contributed by atoms with E-state index in [-0.39, 0.29) is 10.8 Å². The van der Waals surface area contributed by atoms with Crippen LogP contribution < -0.4 is 0 Å². The molecule has 8 heteroatoms. The van der Waals surface area contributed by atoms with E-state index in [2.05, 4.69) is 101 Å². The Hall–Kier alpha value is -0.460. The van der Waals surface area contributed by atoms with Gasteiger partial charge in [-0.15, -0.1) is 0 Å². The molecule has 0 aliphatic heterocycles. The van der Waals surface area contributed by atoms with Crippen LogP contribution in [-0.2, 0) is 10.8 Å². The van der Waals surface area contributed by atoms with Crippen molar-refractivity contribution >= 4 is 90.7 Å². The van der Waals surface area contributed by atoms with Crippen LogP contribution in [0.15, 0.2) is 0 Å². The van der Waals surface area contributed by atoms with E-state index in [1.165, 1.54) is 52.9 Å². The summed E-state index contributed by atoms with van der Waals surface area (Å²) >= 11 is 7.58. The van der Waals surface area contributed by atoms with Gasteiger partial charge >= 0.3 is 0 Å². The summed E-state index contributed by atoms with van der Waals surface area (Å²) in [5.74, 6) is 0. The molecule has 0 atom stereocenters. The molecule has 4 nitrogen and oxygen atoms in total. The Labute approximate surface area is 213 Å². The molecule has 2 heterocycles. The van der Waals surface area contributed by atoms with Crippen LogP contribution >= 0.6 is 68.6 Å². The van der Waals surface area contributed by atoms with Gasteiger partial charge in [-0.05, 0) is 86.5 Å². The number of aromatic nitrogens is 4. The molecule has 2 aromatic heterocycles. The van der Waals surface area contributed by atoms with Gasteiger partial charge in [0.05, 0.1) is 23.5 Å². The van der Waals surface area contributed by atoms with E-state index in [0.29, 0.717) is 0 Å². The lowest BCUT2D eigenvalue weighted by Gasteiger charge is -2.26. The Balaban J connectivity index is 2.22. The fourth-order valence-corrected chi connectivity index (χ4v) is 7.58. The molecule has 4 rings (SSSR count). The highest BCUT2D eigenvalue weighted by Gasteiger charge is 2.31. The molecule has 2 aromatic carbocycles. The van der Waals surface area contributed by atoms with E-state index in [0.717, 1.165) is 33.2 Å². The minimum Gasteiger partial charge on any atom is -0.173 e. The summed E-state index contributed by atoms with van der Waals surface area (Å²) < 4.78 is 21.5. The molecule has 0 amide bonds. The zero-order chi connectivity index (χ0) is 22.2. The van der Waals surface area contributed by atoms with Gasteiger partial charge in [0.1, 0.15) is 22.1 Å². The normalized spacial score (nSPS) is 13.0. The van der Waals surface area contributed by atoms with Crippen molar-refractivity contribution in [2.24, 2.45) is 0 Å². The summed E-state index contributed by atoms with van der Waals surface area (Å²) in [7, 11) is 0. The quantitative estimate of drug-likeness (QED) is 0.196. The fourth-order valence-electron chi connectivity index (χ4n) is 4.33. The van der Waals surface area contributed by atoms with Crippen molar-refractivity contribution in [3.05, 3.63) is 29.4 Å². The molecular formula is C22H24I2N4S2. The first kappa shape index (κ1) is 22.7. The van der Waals surface area contributed by atoms with E-state index in [1.807, 2.05) is 0 Å². The van der Waals surface area contributed by atoms with Gasteiger partial charge in [0.2, 0.25) is 0 Å². The van der Waals surface area contributed by atoms with Crippen molar-refractivity contribution in [2.75, 3.05) is 0 Å². The lowest BCUT2D eigenvalue weighted by Crippen LogP contribution is -2.17. The summed E-state index contributed by atoms with van der Waals surface area (Å²) in [4.78, 5) is 0. The van der Waals surface area contributed by atoms with Crippen LogP contribution in [0, 0.1) is 21.0 Å². The molecule has 4 aromatic rings. The maximum atomic E-state index is 4.78. The number of halogens is 2. The van der Waals surface area contributed by atoms with Crippen LogP contribution in [-0.4, -0.2) is 17.5 Å². The van der Waals surface area contributed by atoms with Gasteiger partial charge in [-0.3, -0.25) is 0 Å². The van der Waals surface area contributed by atoms with Crippen LogP contribution in [0.5, 0.6) is 0 Å². The van der Waals surface area contributed by atoms with Gasteiger partial charge in [0.15, 0.2) is 0 Å². The maximum Gasteiger partial charge on any atom is 0.114 e. The van der Waals surface area contributed by atoms with Crippen LogP contribution in [0.4, 0.5) is 0 Å². The molecule has 30 heavy (non-hydrogen) atoms. The van der Waals surface area contributed by atoms with Crippen molar-refractivity contribution in [3.63, 3.8) is 0 Å². The van der Waals surface area contributed by atoms with Crippen LogP contribution in [0.25, 0.3) is 33.2 Å². The smallest absolute Gasteiger partial charge is 0.114 e. The molecule has 0 aliphatic rings. The predicted molar refractivity (Wildman–Crippen MR) is 146 cm³/mol. The van der Waals surface area contributed by atoms with Gasteiger partial charge in [0.25, 0.3) is 0 Å². The van der Waals surface area contributed by atoms with Crippen molar-refractivity contribution in [2.45, 2.75) is 66.2 Å². The largest absolute Gasteiger partial charge is 0.173 e. The first-order chi connectivity index (χ1) is 13.9. The zero-order valence-corrected chi connectivity index (χ0v) is 24.3. The van der Waals surface area contributed by atoms with E-state index in [1.54, 1.807) is 0 Å². The van der Waals surface area contributed by atoms with Gasteiger partial charge in [0, 0.05) is 23.8 Å². The standard InChI is InChI=1S/C22H24I2N4S2/c1-9-11(17-20(28-29-25-17)14(16(9)24)22(6,7)8)12-15(23)10(2)13(21(3,4)5)19-18(12)26-30-27-19/h1-8H3. The zero-order valence-electron chi connectivity index (χ0n) is 18.4. The number of nitrogens with zero attached hydrogens (tertiary/aromatic N) is 4. The maximum absolute atomic E-state index is 4.78. The third-order valence-electron chi connectivity index (χ3n) is 5.52. The fraction of sp³-hybridized carbons (Fsp3) is 0.455.